The van der Waals surface area contributed by atoms with Crippen molar-refractivity contribution in [2.45, 2.75) is 26.8 Å². The minimum absolute atomic E-state index is 0.442. The fraction of sp³-hybridized carbons (Fsp3) is 0.190. The normalized spacial score (nSPS) is 11.0. The lowest BCUT2D eigenvalue weighted by Crippen LogP contribution is -2.15. The summed E-state index contributed by atoms with van der Waals surface area (Å²) < 4.78 is 1.84. The number of amides is 1. The summed E-state index contributed by atoms with van der Waals surface area (Å²) in [4.78, 5) is 11.9. The Balaban J connectivity index is 1.67. The van der Waals surface area contributed by atoms with Crippen LogP contribution in [0.1, 0.15) is 34.2 Å². The minimum Gasteiger partial charge on any atom is -0.365 e. The van der Waals surface area contributed by atoms with Crippen LogP contribution < -0.4 is 5.73 Å². The second-order valence-electron chi connectivity index (χ2n) is 6.74. The summed E-state index contributed by atoms with van der Waals surface area (Å²) in [6.45, 7) is 4.49. The maximum Gasteiger partial charge on any atom is 0.252 e. The van der Waals surface area contributed by atoms with Gasteiger partial charge in [0.1, 0.15) is 0 Å². The largest absolute Gasteiger partial charge is 0.365 e. The quantitative estimate of drug-likeness (QED) is 0.528. The van der Waals surface area contributed by atoms with Crippen LogP contribution in [0.3, 0.4) is 0 Å². The molecule has 0 radical (unpaired) electrons. The third-order valence-electron chi connectivity index (χ3n) is 4.93. The lowest BCUT2D eigenvalue weighted by Gasteiger charge is -2.10. The van der Waals surface area contributed by atoms with Gasteiger partial charge in [-0.15, -0.1) is 10.2 Å². The Hall–Kier alpha value is -3.81. The topological polar surface area (TPSA) is 115 Å². The van der Waals surface area contributed by atoms with E-state index in [1.165, 1.54) is 0 Å². The first kappa shape index (κ1) is 18.5. The number of aromatic nitrogens is 6. The summed E-state index contributed by atoms with van der Waals surface area (Å²) >= 11 is 0. The van der Waals surface area contributed by atoms with Crippen LogP contribution in [-0.2, 0) is 13.0 Å². The van der Waals surface area contributed by atoms with E-state index in [1.807, 2.05) is 42.8 Å². The average molecular weight is 387 g/mol. The Morgan fingerprint density at radius 2 is 1.83 bits per heavy atom. The van der Waals surface area contributed by atoms with Crippen LogP contribution in [0.25, 0.3) is 22.5 Å². The molecule has 4 aromatic rings. The van der Waals surface area contributed by atoms with Crippen molar-refractivity contribution in [3.05, 3.63) is 71.0 Å². The summed E-state index contributed by atoms with van der Waals surface area (Å²) in [5, 5.41) is 18.8. The Morgan fingerprint density at radius 1 is 1.10 bits per heavy atom. The number of nitrogens with two attached hydrogens (primary N) is 1. The number of H-pyrrole nitrogens is 1. The highest BCUT2D eigenvalue weighted by molar-refractivity contribution is 5.95. The fourth-order valence-electron chi connectivity index (χ4n) is 3.59. The molecule has 0 aliphatic carbocycles. The summed E-state index contributed by atoms with van der Waals surface area (Å²) in [5.41, 5.74) is 11.7. The molecule has 0 saturated heterocycles. The lowest BCUT2D eigenvalue weighted by molar-refractivity contribution is 0.0999. The van der Waals surface area contributed by atoms with Gasteiger partial charge >= 0.3 is 0 Å². The van der Waals surface area contributed by atoms with Gasteiger partial charge in [0.15, 0.2) is 0 Å². The van der Waals surface area contributed by atoms with Crippen molar-refractivity contribution in [3.63, 3.8) is 0 Å². The molecule has 4 rings (SSSR count). The van der Waals surface area contributed by atoms with Crippen LogP contribution in [0.5, 0.6) is 0 Å². The number of aryl methyl sites for hydroxylation is 2. The molecule has 0 aliphatic rings. The van der Waals surface area contributed by atoms with Crippen molar-refractivity contribution in [3.8, 4) is 22.5 Å². The van der Waals surface area contributed by atoms with E-state index >= 15 is 0 Å². The molecule has 8 nitrogen and oxygen atoms in total. The average Bonchev–Trinajstić information content (AvgIpc) is 3.36. The Bertz CT molecular complexity index is 1140. The van der Waals surface area contributed by atoms with Crippen molar-refractivity contribution < 1.29 is 4.79 Å². The summed E-state index contributed by atoms with van der Waals surface area (Å²) in [7, 11) is 0. The molecule has 0 spiro atoms. The van der Waals surface area contributed by atoms with Gasteiger partial charge < -0.3 is 5.73 Å². The highest BCUT2D eigenvalue weighted by Crippen LogP contribution is 2.30. The maximum absolute atomic E-state index is 11.9. The molecule has 2 heterocycles. The number of hydrogen-bond acceptors (Lipinski definition) is 5. The number of nitrogens with zero attached hydrogens (tertiary/aromatic N) is 5. The van der Waals surface area contributed by atoms with Crippen LogP contribution >= 0.6 is 0 Å². The van der Waals surface area contributed by atoms with Crippen LogP contribution in [0, 0.1) is 6.92 Å². The van der Waals surface area contributed by atoms with Gasteiger partial charge in [-0.1, -0.05) is 48.5 Å². The third-order valence-corrected chi connectivity index (χ3v) is 4.93. The molecule has 2 aromatic heterocycles. The fourth-order valence-corrected chi connectivity index (χ4v) is 3.59. The molecule has 0 saturated carbocycles. The molecule has 0 aliphatic heterocycles. The Labute approximate surface area is 167 Å². The molecular formula is C21H21N7O. The van der Waals surface area contributed by atoms with E-state index in [9.17, 15) is 4.79 Å². The van der Waals surface area contributed by atoms with Gasteiger partial charge in [-0.2, -0.15) is 10.3 Å². The molecule has 8 heteroatoms. The molecule has 0 fully saturated rings. The zero-order chi connectivity index (χ0) is 20.4. The first-order chi connectivity index (χ1) is 14.1. The summed E-state index contributed by atoms with van der Waals surface area (Å²) in [5.74, 6) is 0.112. The predicted molar refractivity (Wildman–Crippen MR) is 109 cm³/mol. The van der Waals surface area contributed by atoms with Crippen molar-refractivity contribution in [1.82, 2.24) is 30.4 Å². The van der Waals surface area contributed by atoms with E-state index in [0.29, 0.717) is 30.0 Å². The number of aromatic amines is 1. The van der Waals surface area contributed by atoms with Gasteiger partial charge in [-0.25, -0.2) is 0 Å². The van der Waals surface area contributed by atoms with Crippen LogP contribution in [-0.4, -0.2) is 36.3 Å². The predicted octanol–water partition coefficient (Wildman–Crippen LogP) is 2.75. The number of nitrogens with one attached hydrogen (secondary N) is 1. The number of primary amides is 1. The van der Waals surface area contributed by atoms with Gasteiger partial charge in [0.05, 0.1) is 17.0 Å². The Kier molecular flexibility index (Phi) is 4.90. The lowest BCUT2D eigenvalue weighted by atomic mass is 9.97. The first-order valence-electron chi connectivity index (χ1n) is 9.36. The van der Waals surface area contributed by atoms with E-state index < -0.39 is 5.91 Å². The van der Waals surface area contributed by atoms with E-state index in [-0.39, 0.29) is 0 Å². The Morgan fingerprint density at radius 3 is 2.45 bits per heavy atom. The second-order valence-corrected chi connectivity index (χ2v) is 6.74. The number of carbonyl (C=O) groups is 1. The van der Waals surface area contributed by atoms with Crippen molar-refractivity contribution in [2.24, 2.45) is 5.73 Å². The van der Waals surface area contributed by atoms with E-state index in [0.717, 1.165) is 27.9 Å². The highest BCUT2D eigenvalue weighted by atomic mass is 16.1. The van der Waals surface area contributed by atoms with Gasteiger partial charge in [-0.3, -0.25) is 9.48 Å². The molecule has 0 unspecified atom stereocenters. The number of tetrazole rings is 1. The number of rotatable bonds is 6. The maximum atomic E-state index is 11.9. The molecule has 2 aromatic carbocycles. The van der Waals surface area contributed by atoms with Crippen molar-refractivity contribution >= 4 is 5.91 Å². The van der Waals surface area contributed by atoms with E-state index in [2.05, 4.69) is 50.0 Å². The molecule has 146 valence electrons. The minimum atomic E-state index is -0.442. The standard InChI is InChI=1S/C21H21N7O/c1-3-28-18(19(20(22)29)13(2)25-28)12-14-8-10-15(11-9-14)16-6-4-5-7-17(16)21-23-26-27-24-21/h4-11H,3,12H2,1-2H3,(H2,22,29)(H,23,24,26,27). The zero-order valence-corrected chi connectivity index (χ0v) is 16.3. The second kappa shape index (κ2) is 7.67. The van der Waals surface area contributed by atoms with E-state index in [4.69, 9.17) is 5.73 Å². The van der Waals surface area contributed by atoms with Gasteiger partial charge in [-0.05, 0) is 35.8 Å². The summed E-state index contributed by atoms with van der Waals surface area (Å²) in [6, 6.07) is 16.1. The van der Waals surface area contributed by atoms with E-state index in [1.54, 1.807) is 0 Å². The zero-order valence-electron chi connectivity index (χ0n) is 16.3. The van der Waals surface area contributed by atoms with Crippen molar-refractivity contribution in [2.75, 3.05) is 0 Å². The van der Waals surface area contributed by atoms with Crippen molar-refractivity contribution in [1.29, 1.82) is 0 Å². The van der Waals surface area contributed by atoms with Gasteiger partial charge in [0, 0.05) is 18.5 Å². The molecular weight excluding hydrogens is 366 g/mol. The number of carbonyl (C=O) groups excluding carboxylic acids is 1. The monoisotopic (exact) mass is 387 g/mol. The molecule has 0 atom stereocenters. The SMILES string of the molecule is CCn1nc(C)c(C(N)=O)c1Cc1ccc(-c2ccccc2-c2nn[nH]n2)cc1. The van der Waals surface area contributed by atoms with Crippen LogP contribution in [0.15, 0.2) is 48.5 Å². The smallest absolute Gasteiger partial charge is 0.252 e. The molecule has 29 heavy (non-hydrogen) atoms. The molecule has 0 bridgehead atoms. The summed E-state index contributed by atoms with van der Waals surface area (Å²) in [6.07, 6.45) is 0.583. The molecule has 3 N–H and O–H groups in total. The number of hydrogen-bond donors (Lipinski definition) is 2. The number of benzene rings is 2. The third kappa shape index (κ3) is 3.52. The van der Waals surface area contributed by atoms with Gasteiger partial charge in [0.2, 0.25) is 5.82 Å². The van der Waals surface area contributed by atoms with Crippen LogP contribution in [0.2, 0.25) is 0 Å². The molecule has 1 amide bonds. The van der Waals surface area contributed by atoms with Gasteiger partial charge in [0.25, 0.3) is 5.91 Å². The van der Waals surface area contributed by atoms with Crippen LogP contribution in [0.4, 0.5) is 0 Å². The highest BCUT2D eigenvalue weighted by Gasteiger charge is 2.19. The first-order valence-corrected chi connectivity index (χ1v) is 9.36.